The van der Waals surface area contributed by atoms with Crippen molar-refractivity contribution in [3.8, 4) is 5.75 Å². The fourth-order valence-electron chi connectivity index (χ4n) is 3.01. The monoisotopic (exact) mass is 262 g/mol. The molecule has 0 aliphatic carbocycles. The highest BCUT2D eigenvalue weighted by Gasteiger charge is 2.31. The van der Waals surface area contributed by atoms with Crippen LogP contribution in [0.3, 0.4) is 0 Å². The Hall–Kier alpha value is -1.06. The third-order valence-electron chi connectivity index (χ3n) is 4.25. The normalized spacial score (nSPS) is 24.1. The number of ether oxygens (including phenoxy) is 1. The molecule has 0 bridgehead atoms. The van der Waals surface area contributed by atoms with Gasteiger partial charge in [-0.1, -0.05) is 26.0 Å². The van der Waals surface area contributed by atoms with Gasteiger partial charge in [-0.3, -0.25) is 4.90 Å². The number of methoxy groups -OCH3 is 1. The zero-order chi connectivity index (χ0) is 14.0. The fourth-order valence-corrected chi connectivity index (χ4v) is 3.01. The van der Waals surface area contributed by atoms with Crippen molar-refractivity contribution in [3.63, 3.8) is 0 Å². The first-order valence-corrected chi connectivity index (χ1v) is 7.15. The fraction of sp³-hybridized carbons (Fsp3) is 0.625. The first-order valence-electron chi connectivity index (χ1n) is 7.15. The van der Waals surface area contributed by atoms with Crippen LogP contribution in [0.15, 0.2) is 18.2 Å². The Morgan fingerprint density at radius 2 is 2.16 bits per heavy atom. The predicted octanol–water partition coefficient (Wildman–Crippen LogP) is 2.77. The molecule has 3 nitrogen and oxygen atoms in total. The number of likely N-dealkylation sites (tertiary alicyclic amines) is 1. The quantitative estimate of drug-likeness (QED) is 0.907. The summed E-state index contributed by atoms with van der Waals surface area (Å²) in [5.41, 5.74) is 8.51. The second-order valence-corrected chi connectivity index (χ2v) is 5.95. The molecule has 1 saturated heterocycles. The van der Waals surface area contributed by atoms with Crippen LogP contribution in [-0.4, -0.2) is 32.1 Å². The molecule has 0 radical (unpaired) electrons. The van der Waals surface area contributed by atoms with Gasteiger partial charge in [-0.2, -0.15) is 0 Å². The minimum atomic E-state index is 0.433. The zero-order valence-corrected chi connectivity index (χ0v) is 12.5. The first kappa shape index (κ1) is 14.4. The number of nitrogens with two attached hydrogens (primary N) is 1. The van der Waals surface area contributed by atoms with Gasteiger partial charge in [-0.15, -0.1) is 0 Å². The molecule has 0 saturated carbocycles. The van der Waals surface area contributed by atoms with Crippen molar-refractivity contribution >= 4 is 0 Å². The Morgan fingerprint density at radius 1 is 1.42 bits per heavy atom. The van der Waals surface area contributed by atoms with E-state index in [4.69, 9.17) is 10.5 Å². The summed E-state index contributed by atoms with van der Waals surface area (Å²) >= 11 is 0. The first-order chi connectivity index (χ1) is 9.06. The van der Waals surface area contributed by atoms with Crippen LogP contribution in [0.25, 0.3) is 0 Å². The largest absolute Gasteiger partial charge is 0.496 e. The molecule has 2 unspecified atom stereocenters. The summed E-state index contributed by atoms with van der Waals surface area (Å²) in [4.78, 5) is 2.40. The van der Waals surface area contributed by atoms with Gasteiger partial charge >= 0.3 is 0 Å². The van der Waals surface area contributed by atoms with E-state index < -0.39 is 0 Å². The van der Waals surface area contributed by atoms with E-state index in [2.05, 4.69) is 44.0 Å². The van der Waals surface area contributed by atoms with Crippen molar-refractivity contribution < 1.29 is 4.74 Å². The van der Waals surface area contributed by atoms with E-state index in [0.717, 1.165) is 25.3 Å². The Kier molecular flexibility index (Phi) is 4.48. The highest BCUT2D eigenvalue weighted by molar-refractivity contribution is 5.41. The van der Waals surface area contributed by atoms with Crippen LogP contribution in [-0.2, 0) is 0 Å². The number of benzene rings is 1. The molecule has 0 spiro atoms. The minimum absolute atomic E-state index is 0.433. The molecule has 1 aliphatic heterocycles. The Balaban J connectivity index is 2.34. The third-order valence-corrected chi connectivity index (χ3v) is 4.25. The maximum Gasteiger partial charge on any atom is 0.123 e. The van der Waals surface area contributed by atoms with Crippen LogP contribution in [0.5, 0.6) is 5.75 Å². The van der Waals surface area contributed by atoms with Crippen molar-refractivity contribution in [1.29, 1.82) is 0 Å². The van der Waals surface area contributed by atoms with Crippen LogP contribution in [0, 0.1) is 5.92 Å². The lowest BCUT2D eigenvalue weighted by Gasteiger charge is -2.23. The Bertz CT molecular complexity index is 431. The molecule has 0 aromatic heterocycles. The second-order valence-electron chi connectivity index (χ2n) is 5.95. The number of hydrogen-bond donors (Lipinski definition) is 1. The van der Waals surface area contributed by atoms with Gasteiger partial charge in [-0.25, -0.2) is 0 Å². The highest BCUT2D eigenvalue weighted by Crippen LogP contribution is 2.39. The van der Waals surface area contributed by atoms with E-state index in [-0.39, 0.29) is 0 Å². The van der Waals surface area contributed by atoms with Gasteiger partial charge in [0.2, 0.25) is 0 Å². The molecule has 1 aromatic carbocycles. The van der Waals surface area contributed by atoms with Gasteiger partial charge in [0.05, 0.1) is 7.11 Å². The maximum atomic E-state index is 5.83. The summed E-state index contributed by atoms with van der Waals surface area (Å²) in [6.45, 7) is 6.31. The molecule has 1 aliphatic rings. The molecule has 2 atom stereocenters. The van der Waals surface area contributed by atoms with Crippen LogP contribution < -0.4 is 10.5 Å². The Labute approximate surface area is 116 Å². The van der Waals surface area contributed by atoms with Crippen molar-refractivity contribution in [2.45, 2.75) is 32.2 Å². The predicted molar refractivity (Wildman–Crippen MR) is 79.6 cm³/mol. The van der Waals surface area contributed by atoms with E-state index >= 15 is 0 Å². The maximum absolute atomic E-state index is 5.83. The van der Waals surface area contributed by atoms with Crippen LogP contribution in [0.1, 0.15) is 43.4 Å². The molecule has 0 amide bonds. The number of hydrogen-bond acceptors (Lipinski definition) is 3. The van der Waals surface area contributed by atoms with Gasteiger partial charge < -0.3 is 10.5 Å². The van der Waals surface area contributed by atoms with Crippen molar-refractivity contribution in [1.82, 2.24) is 4.90 Å². The van der Waals surface area contributed by atoms with Gasteiger partial charge in [0.15, 0.2) is 0 Å². The summed E-state index contributed by atoms with van der Waals surface area (Å²) in [5, 5.41) is 0. The average Bonchev–Trinajstić information content (AvgIpc) is 2.79. The number of nitrogens with zero attached hydrogens (tertiary/aromatic N) is 1. The lowest BCUT2D eigenvalue weighted by atomic mass is 9.94. The summed E-state index contributed by atoms with van der Waals surface area (Å²) in [7, 11) is 3.94. The lowest BCUT2D eigenvalue weighted by Crippen LogP contribution is -2.21. The van der Waals surface area contributed by atoms with E-state index in [9.17, 15) is 0 Å². The Morgan fingerprint density at radius 3 is 2.68 bits per heavy atom. The van der Waals surface area contributed by atoms with Gasteiger partial charge in [0.1, 0.15) is 5.75 Å². The van der Waals surface area contributed by atoms with Gasteiger partial charge in [0, 0.05) is 18.2 Å². The molecular formula is C16H26N2O. The third kappa shape index (κ3) is 2.93. The lowest BCUT2D eigenvalue weighted by molar-refractivity contribution is 0.303. The molecular weight excluding hydrogens is 236 g/mol. The molecule has 106 valence electrons. The molecule has 1 fully saturated rings. The average molecular weight is 262 g/mol. The summed E-state index contributed by atoms with van der Waals surface area (Å²) in [5.74, 6) is 2.14. The van der Waals surface area contributed by atoms with Gasteiger partial charge in [0.25, 0.3) is 0 Å². The highest BCUT2D eigenvalue weighted by atomic mass is 16.5. The summed E-state index contributed by atoms with van der Waals surface area (Å²) in [6.07, 6.45) is 1.13. The molecule has 19 heavy (non-hydrogen) atoms. The standard InChI is InChI=1S/C16H26N2O/c1-11(2)13-5-6-16(19-4)14(8-13)15-7-12(9-17)10-18(15)3/h5-6,8,11-12,15H,7,9-10,17H2,1-4H3. The van der Waals surface area contributed by atoms with Crippen molar-refractivity contribution in [3.05, 3.63) is 29.3 Å². The van der Waals surface area contributed by atoms with Crippen LogP contribution in [0.4, 0.5) is 0 Å². The smallest absolute Gasteiger partial charge is 0.123 e. The molecule has 1 heterocycles. The summed E-state index contributed by atoms with van der Waals surface area (Å²) in [6, 6.07) is 7.02. The zero-order valence-electron chi connectivity index (χ0n) is 12.5. The van der Waals surface area contributed by atoms with E-state index in [1.54, 1.807) is 7.11 Å². The number of rotatable bonds is 4. The van der Waals surface area contributed by atoms with Crippen LogP contribution >= 0.6 is 0 Å². The topological polar surface area (TPSA) is 38.5 Å². The minimum Gasteiger partial charge on any atom is -0.496 e. The van der Waals surface area contributed by atoms with E-state index in [1.165, 1.54) is 11.1 Å². The van der Waals surface area contributed by atoms with Gasteiger partial charge in [-0.05, 0) is 43.5 Å². The molecule has 2 rings (SSSR count). The molecule has 2 N–H and O–H groups in total. The SMILES string of the molecule is COc1ccc(C(C)C)cc1C1CC(CN)CN1C. The molecule has 1 aromatic rings. The second kappa shape index (κ2) is 5.93. The molecule has 3 heteroatoms. The van der Waals surface area contributed by atoms with Crippen molar-refractivity contribution in [2.75, 3.05) is 27.2 Å². The van der Waals surface area contributed by atoms with Crippen LogP contribution in [0.2, 0.25) is 0 Å². The van der Waals surface area contributed by atoms with E-state index in [1.807, 2.05) is 0 Å². The van der Waals surface area contributed by atoms with Crippen molar-refractivity contribution in [2.24, 2.45) is 11.7 Å². The van der Waals surface area contributed by atoms with E-state index in [0.29, 0.717) is 17.9 Å². The summed E-state index contributed by atoms with van der Waals surface area (Å²) < 4.78 is 5.55.